The number of rotatable bonds is 4. The summed E-state index contributed by atoms with van der Waals surface area (Å²) in [4.78, 5) is 27.2. The fourth-order valence-electron chi connectivity index (χ4n) is 2.58. The van der Waals surface area contributed by atoms with E-state index in [1.54, 1.807) is 12.1 Å². The number of amides is 1. The van der Waals surface area contributed by atoms with E-state index in [0.29, 0.717) is 16.5 Å². The normalized spacial score (nSPS) is 10.6. The van der Waals surface area contributed by atoms with Gasteiger partial charge < -0.3 is 15.5 Å². The molecule has 3 N–H and O–H groups in total. The average molecular weight is 336 g/mol. The number of hydrogen-bond donors (Lipinski definition) is 3. The van der Waals surface area contributed by atoms with Crippen molar-refractivity contribution in [2.75, 3.05) is 6.54 Å². The molecule has 6 heteroatoms. The van der Waals surface area contributed by atoms with E-state index in [4.69, 9.17) is 5.11 Å². The van der Waals surface area contributed by atoms with Crippen LogP contribution in [0.4, 0.5) is 0 Å². The van der Waals surface area contributed by atoms with Crippen molar-refractivity contribution in [3.63, 3.8) is 0 Å². The zero-order chi connectivity index (χ0) is 18.0. The van der Waals surface area contributed by atoms with Crippen molar-refractivity contribution >= 4 is 22.6 Å². The van der Waals surface area contributed by atoms with Crippen molar-refractivity contribution in [2.45, 2.75) is 6.92 Å². The topological polar surface area (TPSA) is 99.5 Å². The number of carboxylic acid groups (broad SMARTS) is 1. The summed E-state index contributed by atoms with van der Waals surface area (Å²) in [5.74, 6) is -2.18. The van der Waals surface area contributed by atoms with E-state index in [1.807, 2.05) is 43.3 Å². The number of pyridine rings is 1. The second kappa shape index (κ2) is 6.60. The third-order valence-corrected chi connectivity index (χ3v) is 3.83. The summed E-state index contributed by atoms with van der Waals surface area (Å²) < 4.78 is 0. The highest BCUT2D eigenvalue weighted by Gasteiger charge is 2.20. The number of aryl methyl sites for hydroxylation is 1. The van der Waals surface area contributed by atoms with E-state index in [9.17, 15) is 14.7 Å². The van der Waals surface area contributed by atoms with Crippen LogP contribution in [0.1, 0.15) is 16.1 Å². The summed E-state index contributed by atoms with van der Waals surface area (Å²) in [5, 5.41) is 22.6. The zero-order valence-electron chi connectivity index (χ0n) is 13.5. The molecule has 0 bridgehead atoms. The van der Waals surface area contributed by atoms with Gasteiger partial charge in [0.25, 0.3) is 5.91 Å². The Morgan fingerprint density at radius 2 is 1.68 bits per heavy atom. The number of aromatic hydroxyl groups is 1. The summed E-state index contributed by atoms with van der Waals surface area (Å²) in [6.45, 7) is 1.42. The first-order valence-corrected chi connectivity index (χ1v) is 7.66. The Morgan fingerprint density at radius 1 is 1.04 bits per heavy atom. The fraction of sp³-hybridized carbons (Fsp3) is 0.105. The quantitative estimate of drug-likeness (QED) is 0.680. The third-order valence-electron chi connectivity index (χ3n) is 3.83. The van der Waals surface area contributed by atoms with Gasteiger partial charge in [-0.2, -0.15) is 0 Å². The predicted molar refractivity (Wildman–Crippen MR) is 93.5 cm³/mol. The number of benzene rings is 2. The summed E-state index contributed by atoms with van der Waals surface area (Å²) in [6.07, 6.45) is 0. The van der Waals surface area contributed by atoms with Crippen LogP contribution in [0, 0.1) is 6.92 Å². The standard InChI is InChI=1S/C19H16N2O4/c1-11-6-8-12(9-7-11)16-13-4-2-3-5-14(13)18(24)17(21-16)19(25)20-10-15(22)23/h2-9,24H,10H2,1H3,(H,20,25)(H,22,23). The number of carbonyl (C=O) groups excluding carboxylic acids is 1. The Hall–Kier alpha value is -3.41. The molecule has 1 amide bonds. The Morgan fingerprint density at radius 3 is 2.32 bits per heavy atom. The fourth-order valence-corrected chi connectivity index (χ4v) is 2.58. The van der Waals surface area contributed by atoms with Gasteiger partial charge >= 0.3 is 5.97 Å². The summed E-state index contributed by atoms with van der Waals surface area (Å²) in [7, 11) is 0. The van der Waals surface area contributed by atoms with Crippen LogP contribution in [0.25, 0.3) is 22.0 Å². The van der Waals surface area contributed by atoms with Crippen molar-refractivity contribution in [1.82, 2.24) is 10.3 Å². The summed E-state index contributed by atoms with van der Waals surface area (Å²) in [6, 6.07) is 14.7. The Labute approximate surface area is 143 Å². The first-order valence-electron chi connectivity index (χ1n) is 7.66. The number of nitrogens with zero attached hydrogens (tertiary/aromatic N) is 1. The van der Waals surface area contributed by atoms with E-state index >= 15 is 0 Å². The van der Waals surface area contributed by atoms with E-state index in [0.717, 1.165) is 11.1 Å². The van der Waals surface area contributed by atoms with Crippen LogP contribution >= 0.6 is 0 Å². The zero-order valence-corrected chi connectivity index (χ0v) is 13.5. The molecule has 0 spiro atoms. The highest BCUT2D eigenvalue weighted by molar-refractivity contribution is 6.06. The minimum atomic E-state index is -1.17. The van der Waals surface area contributed by atoms with Gasteiger partial charge in [-0.15, -0.1) is 0 Å². The van der Waals surface area contributed by atoms with Crippen LogP contribution in [0.3, 0.4) is 0 Å². The maximum atomic E-state index is 12.3. The van der Waals surface area contributed by atoms with Gasteiger partial charge in [0.1, 0.15) is 6.54 Å². The number of hydrogen-bond acceptors (Lipinski definition) is 4. The molecule has 6 nitrogen and oxygen atoms in total. The van der Waals surface area contributed by atoms with Gasteiger partial charge in [0.15, 0.2) is 11.4 Å². The number of carboxylic acids is 1. The lowest BCUT2D eigenvalue weighted by atomic mass is 10.0. The van der Waals surface area contributed by atoms with E-state index in [2.05, 4.69) is 10.3 Å². The molecular formula is C19H16N2O4. The van der Waals surface area contributed by atoms with Crippen LogP contribution in [-0.2, 0) is 4.79 Å². The third kappa shape index (κ3) is 3.28. The van der Waals surface area contributed by atoms with Crippen molar-refractivity contribution in [3.8, 4) is 17.0 Å². The lowest BCUT2D eigenvalue weighted by Crippen LogP contribution is -2.30. The summed E-state index contributed by atoms with van der Waals surface area (Å²) in [5.41, 5.74) is 2.24. The molecule has 0 aliphatic carbocycles. The molecule has 126 valence electrons. The lowest BCUT2D eigenvalue weighted by molar-refractivity contribution is -0.135. The van der Waals surface area contributed by atoms with E-state index < -0.39 is 18.4 Å². The van der Waals surface area contributed by atoms with Gasteiger partial charge in [0, 0.05) is 16.3 Å². The second-order valence-electron chi connectivity index (χ2n) is 5.65. The Balaban J connectivity index is 2.18. The molecule has 0 aliphatic rings. The number of aromatic nitrogens is 1. The SMILES string of the molecule is Cc1ccc(-c2nc(C(=O)NCC(=O)O)c(O)c3ccccc23)cc1. The molecule has 3 rings (SSSR count). The highest BCUT2D eigenvalue weighted by atomic mass is 16.4. The molecule has 0 aliphatic heterocycles. The van der Waals surface area contributed by atoms with Crippen molar-refractivity contribution < 1.29 is 19.8 Å². The Kier molecular flexibility index (Phi) is 4.35. The number of aliphatic carboxylic acids is 1. The van der Waals surface area contributed by atoms with Gasteiger partial charge in [-0.1, -0.05) is 54.1 Å². The molecule has 0 radical (unpaired) electrons. The lowest BCUT2D eigenvalue weighted by Gasteiger charge is -2.12. The Bertz CT molecular complexity index is 965. The van der Waals surface area contributed by atoms with Crippen LogP contribution in [0.2, 0.25) is 0 Å². The molecule has 3 aromatic rings. The largest absolute Gasteiger partial charge is 0.505 e. The van der Waals surface area contributed by atoms with Gasteiger partial charge in [0.2, 0.25) is 0 Å². The van der Waals surface area contributed by atoms with E-state index in [-0.39, 0.29) is 11.4 Å². The molecule has 0 unspecified atom stereocenters. The average Bonchev–Trinajstić information content (AvgIpc) is 2.61. The smallest absolute Gasteiger partial charge is 0.322 e. The summed E-state index contributed by atoms with van der Waals surface area (Å²) >= 11 is 0. The van der Waals surface area contributed by atoms with E-state index in [1.165, 1.54) is 0 Å². The molecule has 0 fully saturated rings. The number of fused-ring (bicyclic) bond motifs is 1. The number of carbonyl (C=O) groups is 2. The van der Waals surface area contributed by atoms with Crippen LogP contribution in [-0.4, -0.2) is 33.6 Å². The number of nitrogens with one attached hydrogen (secondary N) is 1. The first kappa shape index (κ1) is 16.4. The monoisotopic (exact) mass is 336 g/mol. The maximum Gasteiger partial charge on any atom is 0.322 e. The molecule has 25 heavy (non-hydrogen) atoms. The van der Waals surface area contributed by atoms with Gasteiger partial charge in [-0.3, -0.25) is 9.59 Å². The van der Waals surface area contributed by atoms with Gasteiger partial charge in [-0.05, 0) is 6.92 Å². The van der Waals surface area contributed by atoms with Crippen molar-refractivity contribution in [3.05, 3.63) is 59.8 Å². The van der Waals surface area contributed by atoms with Crippen molar-refractivity contribution in [2.24, 2.45) is 0 Å². The van der Waals surface area contributed by atoms with Crippen molar-refractivity contribution in [1.29, 1.82) is 0 Å². The molecule has 0 saturated carbocycles. The molecule has 0 atom stereocenters. The minimum absolute atomic E-state index is 0.199. The molecule has 2 aromatic carbocycles. The van der Waals surface area contributed by atoms with Crippen LogP contribution in [0.5, 0.6) is 5.75 Å². The van der Waals surface area contributed by atoms with Gasteiger partial charge in [-0.25, -0.2) is 4.98 Å². The predicted octanol–water partition coefficient (Wildman–Crippen LogP) is 2.73. The van der Waals surface area contributed by atoms with Crippen LogP contribution in [0.15, 0.2) is 48.5 Å². The molecule has 1 aromatic heterocycles. The minimum Gasteiger partial charge on any atom is -0.505 e. The van der Waals surface area contributed by atoms with Gasteiger partial charge in [0.05, 0.1) is 5.69 Å². The molecule has 0 saturated heterocycles. The molecule has 1 heterocycles. The highest BCUT2D eigenvalue weighted by Crippen LogP contribution is 2.34. The maximum absolute atomic E-state index is 12.3. The van der Waals surface area contributed by atoms with Crippen LogP contribution < -0.4 is 5.32 Å². The first-order chi connectivity index (χ1) is 12.0. The molecular weight excluding hydrogens is 320 g/mol. The second-order valence-corrected chi connectivity index (χ2v) is 5.65.